The molecule has 1 saturated carbocycles. The second-order valence-corrected chi connectivity index (χ2v) is 7.59. The van der Waals surface area contributed by atoms with E-state index in [4.69, 9.17) is 0 Å². The summed E-state index contributed by atoms with van der Waals surface area (Å²) in [5.41, 5.74) is 0.563. The quantitative estimate of drug-likeness (QED) is 0.732. The van der Waals surface area contributed by atoms with Gasteiger partial charge in [-0.25, -0.2) is 0 Å². The van der Waals surface area contributed by atoms with Gasteiger partial charge < -0.3 is 10.4 Å². The molecule has 2 heteroatoms. The van der Waals surface area contributed by atoms with Gasteiger partial charge in [0.15, 0.2) is 0 Å². The predicted molar refractivity (Wildman–Crippen MR) is 83.3 cm³/mol. The molecule has 1 rings (SSSR count). The molecule has 0 aromatic rings. The molecule has 0 heterocycles. The highest BCUT2D eigenvalue weighted by Crippen LogP contribution is 2.40. The lowest BCUT2D eigenvalue weighted by atomic mass is 9.69. The Bertz CT molecular complexity index is 250. The van der Waals surface area contributed by atoms with E-state index in [1.54, 1.807) is 0 Å². The van der Waals surface area contributed by atoms with Crippen molar-refractivity contribution in [3.8, 4) is 0 Å². The third kappa shape index (κ3) is 4.75. The first kappa shape index (κ1) is 17.0. The third-order valence-electron chi connectivity index (χ3n) is 5.80. The van der Waals surface area contributed by atoms with Crippen LogP contribution < -0.4 is 5.32 Å². The van der Waals surface area contributed by atoms with Crippen molar-refractivity contribution in [2.45, 2.75) is 79.2 Å². The smallest absolute Gasteiger partial charge is 0.0496 e. The standard InChI is InChI=1S/C17H35NO/c1-6-16(3,4)14-8-10-15(11-9-14)18-12-17(5,7-2)13-19/h14-15,18-19H,6-13H2,1-5H3. The van der Waals surface area contributed by atoms with Crippen molar-refractivity contribution in [2.24, 2.45) is 16.7 Å². The van der Waals surface area contributed by atoms with Gasteiger partial charge in [-0.05, 0) is 43.4 Å². The number of rotatable bonds is 7. The van der Waals surface area contributed by atoms with Crippen LogP contribution in [-0.2, 0) is 0 Å². The van der Waals surface area contributed by atoms with E-state index in [-0.39, 0.29) is 12.0 Å². The SMILES string of the molecule is CCC(C)(CO)CNC1CCC(C(C)(C)CC)CC1. The molecular weight excluding hydrogens is 234 g/mol. The largest absolute Gasteiger partial charge is 0.396 e. The van der Waals surface area contributed by atoms with E-state index in [0.29, 0.717) is 11.5 Å². The van der Waals surface area contributed by atoms with E-state index in [9.17, 15) is 5.11 Å². The Labute approximate surface area is 120 Å². The second kappa shape index (κ2) is 7.08. The molecule has 0 aromatic heterocycles. The zero-order chi connectivity index (χ0) is 14.5. The van der Waals surface area contributed by atoms with Crippen molar-refractivity contribution in [2.75, 3.05) is 13.2 Å². The minimum absolute atomic E-state index is 0.0551. The monoisotopic (exact) mass is 269 g/mol. The highest BCUT2D eigenvalue weighted by Gasteiger charge is 2.32. The predicted octanol–water partition coefficient (Wildman–Crippen LogP) is 3.98. The molecular formula is C17H35NO. The molecule has 2 N–H and O–H groups in total. The zero-order valence-electron chi connectivity index (χ0n) is 13.8. The van der Waals surface area contributed by atoms with Gasteiger partial charge in [-0.1, -0.05) is 41.0 Å². The number of hydrogen-bond acceptors (Lipinski definition) is 2. The highest BCUT2D eigenvalue weighted by atomic mass is 16.3. The van der Waals surface area contributed by atoms with Crippen LogP contribution in [-0.4, -0.2) is 24.3 Å². The van der Waals surface area contributed by atoms with Crippen LogP contribution in [0.1, 0.15) is 73.1 Å². The summed E-state index contributed by atoms with van der Waals surface area (Å²) in [6, 6.07) is 0.668. The number of hydrogen-bond donors (Lipinski definition) is 2. The van der Waals surface area contributed by atoms with Crippen LogP contribution in [0.25, 0.3) is 0 Å². The van der Waals surface area contributed by atoms with E-state index >= 15 is 0 Å². The topological polar surface area (TPSA) is 32.3 Å². The van der Waals surface area contributed by atoms with Gasteiger partial charge in [0.25, 0.3) is 0 Å². The molecule has 1 fully saturated rings. The molecule has 0 aromatic carbocycles. The summed E-state index contributed by atoms with van der Waals surface area (Å²) < 4.78 is 0. The summed E-state index contributed by atoms with van der Waals surface area (Å²) in [4.78, 5) is 0. The van der Waals surface area contributed by atoms with Gasteiger partial charge in [0, 0.05) is 24.6 Å². The van der Waals surface area contributed by atoms with Crippen molar-refractivity contribution in [1.29, 1.82) is 0 Å². The Hall–Kier alpha value is -0.0800. The lowest BCUT2D eigenvalue weighted by Gasteiger charge is -2.40. The van der Waals surface area contributed by atoms with Crippen LogP contribution in [0.15, 0.2) is 0 Å². The number of aliphatic hydroxyl groups is 1. The van der Waals surface area contributed by atoms with Crippen LogP contribution in [0, 0.1) is 16.7 Å². The molecule has 0 amide bonds. The summed E-state index contributed by atoms with van der Waals surface area (Å²) in [7, 11) is 0. The molecule has 0 aliphatic heterocycles. The highest BCUT2D eigenvalue weighted by molar-refractivity contribution is 4.86. The van der Waals surface area contributed by atoms with Crippen LogP contribution >= 0.6 is 0 Å². The summed E-state index contributed by atoms with van der Waals surface area (Å²) in [6.07, 6.45) is 7.66. The van der Waals surface area contributed by atoms with Crippen LogP contribution in [0.4, 0.5) is 0 Å². The molecule has 2 nitrogen and oxygen atoms in total. The Balaban J connectivity index is 2.35. The van der Waals surface area contributed by atoms with Gasteiger partial charge in [0.05, 0.1) is 0 Å². The van der Waals surface area contributed by atoms with E-state index in [2.05, 4.69) is 39.9 Å². The molecule has 1 aliphatic carbocycles. The maximum absolute atomic E-state index is 9.46. The third-order valence-corrected chi connectivity index (χ3v) is 5.80. The number of nitrogens with one attached hydrogen (secondary N) is 1. The molecule has 1 unspecified atom stereocenters. The lowest BCUT2D eigenvalue weighted by molar-refractivity contribution is 0.112. The minimum Gasteiger partial charge on any atom is -0.396 e. The fourth-order valence-corrected chi connectivity index (χ4v) is 3.05. The van der Waals surface area contributed by atoms with Crippen LogP contribution in [0.2, 0.25) is 0 Å². The van der Waals surface area contributed by atoms with Crippen molar-refractivity contribution >= 4 is 0 Å². The van der Waals surface area contributed by atoms with E-state index < -0.39 is 0 Å². The fourth-order valence-electron chi connectivity index (χ4n) is 3.05. The van der Waals surface area contributed by atoms with E-state index in [1.165, 1.54) is 32.1 Å². The first-order valence-corrected chi connectivity index (χ1v) is 8.21. The van der Waals surface area contributed by atoms with Crippen molar-refractivity contribution in [3.05, 3.63) is 0 Å². The normalized spacial score (nSPS) is 28.1. The Morgan fingerprint density at radius 3 is 2.00 bits per heavy atom. The van der Waals surface area contributed by atoms with Gasteiger partial charge in [-0.2, -0.15) is 0 Å². The summed E-state index contributed by atoms with van der Waals surface area (Å²) >= 11 is 0. The average Bonchev–Trinajstić information content (AvgIpc) is 2.45. The van der Waals surface area contributed by atoms with Crippen molar-refractivity contribution < 1.29 is 5.11 Å². The summed E-state index contributed by atoms with van der Waals surface area (Å²) in [5.74, 6) is 0.894. The maximum Gasteiger partial charge on any atom is 0.0496 e. The second-order valence-electron chi connectivity index (χ2n) is 7.59. The van der Waals surface area contributed by atoms with Crippen molar-refractivity contribution in [1.82, 2.24) is 5.32 Å². The van der Waals surface area contributed by atoms with E-state index in [0.717, 1.165) is 18.9 Å². The molecule has 0 spiro atoms. The van der Waals surface area contributed by atoms with Gasteiger partial charge in [-0.15, -0.1) is 0 Å². The van der Waals surface area contributed by atoms with Gasteiger partial charge in [0.1, 0.15) is 0 Å². The molecule has 114 valence electrons. The Kier molecular flexibility index (Phi) is 6.32. The zero-order valence-corrected chi connectivity index (χ0v) is 13.8. The first-order valence-electron chi connectivity index (χ1n) is 8.21. The average molecular weight is 269 g/mol. The summed E-state index contributed by atoms with van der Waals surface area (Å²) in [5, 5.41) is 13.1. The molecule has 1 atom stereocenters. The van der Waals surface area contributed by atoms with E-state index in [1.807, 2.05) is 0 Å². The maximum atomic E-state index is 9.46. The Morgan fingerprint density at radius 1 is 1.00 bits per heavy atom. The molecule has 1 aliphatic rings. The van der Waals surface area contributed by atoms with Gasteiger partial charge in [-0.3, -0.25) is 0 Å². The van der Waals surface area contributed by atoms with Crippen molar-refractivity contribution in [3.63, 3.8) is 0 Å². The molecule has 0 saturated heterocycles. The molecule has 19 heavy (non-hydrogen) atoms. The lowest BCUT2D eigenvalue weighted by Crippen LogP contribution is -2.42. The fraction of sp³-hybridized carbons (Fsp3) is 1.00. The molecule has 0 bridgehead atoms. The Morgan fingerprint density at radius 2 is 1.58 bits per heavy atom. The van der Waals surface area contributed by atoms with Crippen LogP contribution in [0.3, 0.4) is 0 Å². The van der Waals surface area contributed by atoms with Crippen LogP contribution in [0.5, 0.6) is 0 Å². The number of aliphatic hydroxyl groups excluding tert-OH is 1. The summed E-state index contributed by atoms with van der Waals surface area (Å²) in [6.45, 7) is 12.7. The van der Waals surface area contributed by atoms with Gasteiger partial charge in [0.2, 0.25) is 0 Å². The van der Waals surface area contributed by atoms with Gasteiger partial charge >= 0.3 is 0 Å². The minimum atomic E-state index is 0.0551. The molecule has 0 radical (unpaired) electrons. The first-order chi connectivity index (χ1) is 8.87.